The van der Waals surface area contributed by atoms with Gasteiger partial charge in [-0.25, -0.2) is 0 Å². The Labute approximate surface area is 120 Å². The molecule has 2 rings (SSSR count). The molecule has 0 amide bonds. The summed E-state index contributed by atoms with van der Waals surface area (Å²) in [5, 5.41) is 0. The van der Waals surface area contributed by atoms with E-state index < -0.39 is 0 Å². The van der Waals surface area contributed by atoms with Crippen LogP contribution in [0.3, 0.4) is 0 Å². The van der Waals surface area contributed by atoms with E-state index in [-0.39, 0.29) is 6.04 Å². The molecule has 2 N–H and O–H groups in total. The number of rotatable bonds is 7. The van der Waals surface area contributed by atoms with Crippen LogP contribution in [0.15, 0.2) is 48.8 Å². The first kappa shape index (κ1) is 14.5. The summed E-state index contributed by atoms with van der Waals surface area (Å²) in [4.78, 5) is 4.11. The van der Waals surface area contributed by atoms with Gasteiger partial charge in [0.2, 0.25) is 0 Å². The van der Waals surface area contributed by atoms with Crippen molar-refractivity contribution >= 4 is 0 Å². The Balaban J connectivity index is 1.92. The van der Waals surface area contributed by atoms with Crippen molar-refractivity contribution in [2.24, 2.45) is 5.73 Å². The van der Waals surface area contributed by atoms with E-state index in [1.807, 2.05) is 30.5 Å². The zero-order valence-electron chi connectivity index (χ0n) is 12.0. The van der Waals surface area contributed by atoms with Gasteiger partial charge in [-0.3, -0.25) is 4.98 Å². The fourth-order valence-electron chi connectivity index (χ4n) is 2.06. The van der Waals surface area contributed by atoms with Gasteiger partial charge in [0.25, 0.3) is 0 Å². The van der Waals surface area contributed by atoms with Crippen molar-refractivity contribution in [1.29, 1.82) is 0 Å². The molecule has 1 atom stereocenters. The lowest BCUT2D eigenvalue weighted by molar-refractivity contribution is 0.317. The number of nitrogens with zero attached hydrogens (tertiary/aromatic N) is 1. The van der Waals surface area contributed by atoms with Crippen LogP contribution >= 0.6 is 0 Å². The van der Waals surface area contributed by atoms with Gasteiger partial charge in [0, 0.05) is 24.9 Å². The quantitative estimate of drug-likeness (QED) is 0.841. The number of benzene rings is 1. The zero-order valence-corrected chi connectivity index (χ0v) is 12.0. The average Bonchev–Trinajstić information content (AvgIpc) is 2.50. The van der Waals surface area contributed by atoms with Gasteiger partial charge in [-0.15, -0.1) is 0 Å². The molecule has 2 aromatic rings. The molecule has 1 unspecified atom stereocenters. The Bertz CT molecular complexity index is 513. The van der Waals surface area contributed by atoms with Gasteiger partial charge >= 0.3 is 0 Å². The van der Waals surface area contributed by atoms with Gasteiger partial charge in [0.05, 0.1) is 6.61 Å². The van der Waals surface area contributed by atoms with Gasteiger partial charge in [-0.2, -0.15) is 0 Å². The molecule has 0 saturated carbocycles. The van der Waals surface area contributed by atoms with Crippen molar-refractivity contribution in [2.75, 3.05) is 6.61 Å². The van der Waals surface area contributed by atoms with E-state index in [1.165, 1.54) is 11.1 Å². The van der Waals surface area contributed by atoms with Gasteiger partial charge < -0.3 is 10.5 Å². The van der Waals surface area contributed by atoms with E-state index in [0.717, 1.165) is 25.0 Å². The van der Waals surface area contributed by atoms with Crippen LogP contribution in [-0.2, 0) is 12.8 Å². The largest absolute Gasteiger partial charge is 0.493 e. The lowest BCUT2D eigenvalue weighted by Crippen LogP contribution is -2.21. The second kappa shape index (κ2) is 7.65. The van der Waals surface area contributed by atoms with Gasteiger partial charge in [0.15, 0.2) is 0 Å². The second-order valence-corrected chi connectivity index (χ2v) is 4.94. The maximum atomic E-state index is 6.03. The van der Waals surface area contributed by atoms with E-state index in [2.05, 4.69) is 24.0 Å². The topological polar surface area (TPSA) is 48.1 Å². The first-order valence-corrected chi connectivity index (χ1v) is 7.14. The van der Waals surface area contributed by atoms with E-state index in [1.54, 1.807) is 6.20 Å². The summed E-state index contributed by atoms with van der Waals surface area (Å²) in [6, 6.07) is 12.3. The molecule has 0 bridgehead atoms. The summed E-state index contributed by atoms with van der Waals surface area (Å²) < 4.78 is 5.90. The van der Waals surface area contributed by atoms with Crippen LogP contribution in [0.4, 0.5) is 0 Å². The van der Waals surface area contributed by atoms with E-state index in [4.69, 9.17) is 10.5 Å². The monoisotopic (exact) mass is 270 g/mol. The highest BCUT2D eigenvalue weighted by atomic mass is 16.5. The lowest BCUT2D eigenvalue weighted by atomic mass is 10.0. The molecule has 0 radical (unpaired) electrons. The zero-order chi connectivity index (χ0) is 14.2. The predicted molar refractivity (Wildman–Crippen MR) is 81.8 cm³/mol. The molecule has 106 valence electrons. The third kappa shape index (κ3) is 4.35. The van der Waals surface area contributed by atoms with E-state index in [9.17, 15) is 0 Å². The molecule has 0 spiro atoms. The van der Waals surface area contributed by atoms with Crippen molar-refractivity contribution in [3.05, 3.63) is 59.9 Å². The first-order chi connectivity index (χ1) is 9.79. The standard InChI is InChI=1S/C17H22N2O/c1-2-16(18)12-15-7-3-4-8-17(15)20-11-9-14-6-5-10-19-13-14/h3-8,10,13,16H,2,9,11-12,18H2,1H3. The van der Waals surface area contributed by atoms with Crippen LogP contribution in [0.1, 0.15) is 24.5 Å². The second-order valence-electron chi connectivity index (χ2n) is 4.94. The van der Waals surface area contributed by atoms with Crippen molar-refractivity contribution in [1.82, 2.24) is 4.98 Å². The van der Waals surface area contributed by atoms with Crippen LogP contribution in [0.25, 0.3) is 0 Å². The first-order valence-electron chi connectivity index (χ1n) is 7.14. The molecule has 0 aliphatic carbocycles. The highest BCUT2D eigenvalue weighted by Crippen LogP contribution is 2.20. The number of aromatic nitrogens is 1. The molecule has 0 aliphatic rings. The number of hydrogen-bond donors (Lipinski definition) is 1. The Morgan fingerprint density at radius 2 is 2.05 bits per heavy atom. The summed E-state index contributed by atoms with van der Waals surface area (Å²) in [6.45, 7) is 2.76. The molecular weight excluding hydrogens is 248 g/mol. The highest BCUT2D eigenvalue weighted by Gasteiger charge is 2.07. The van der Waals surface area contributed by atoms with Crippen molar-refractivity contribution < 1.29 is 4.74 Å². The Morgan fingerprint density at radius 1 is 1.20 bits per heavy atom. The average molecular weight is 270 g/mol. The third-order valence-corrected chi connectivity index (χ3v) is 3.35. The third-order valence-electron chi connectivity index (χ3n) is 3.35. The normalized spacial score (nSPS) is 12.1. The van der Waals surface area contributed by atoms with Crippen LogP contribution in [0, 0.1) is 0 Å². The fourth-order valence-corrected chi connectivity index (χ4v) is 2.06. The molecule has 0 aliphatic heterocycles. The fraction of sp³-hybridized carbons (Fsp3) is 0.353. The molecule has 20 heavy (non-hydrogen) atoms. The number of para-hydroxylation sites is 1. The van der Waals surface area contributed by atoms with Crippen molar-refractivity contribution in [3.63, 3.8) is 0 Å². The molecule has 0 fully saturated rings. The molecule has 1 aromatic heterocycles. The summed E-state index contributed by atoms with van der Waals surface area (Å²) in [5.74, 6) is 0.945. The smallest absolute Gasteiger partial charge is 0.122 e. The van der Waals surface area contributed by atoms with Gasteiger partial charge in [-0.05, 0) is 36.1 Å². The molecular formula is C17H22N2O. The van der Waals surface area contributed by atoms with E-state index in [0.29, 0.717) is 6.61 Å². The predicted octanol–water partition coefficient (Wildman–Crippen LogP) is 2.98. The van der Waals surface area contributed by atoms with Crippen LogP contribution in [0.2, 0.25) is 0 Å². The highest BCUT2D eigenvalue weighted by molar-refractivity contribution is 5.34. The molecule has 1 aromatic carbocycles. The Hall–Kier alpha value is -1.87. The maximum absolute atomic E-state index is 6.03. The van der Waals surface area contributed by atoms with Crippen LogP contribution < -0.4 is 10.5 Å². The Morgan fingerprint density at radius 3 is 2.80 bits per heavy atom. The van der Waals surface area contributed by atoms with Crippen LogP contribution in [-0.4, -0.2) is 17.6 Å². The summed E-state index contributed by atoms with van der Waals surface area (Å²) in [7, 11) is 0. The molecule has 3 nitrogen and oxygen atoms in total. The summed E-state index contributed by atoms with van der Waals surface area (Å²) in [6.07, 6.45) is 6.36. The minimum Gasteiger partial charge on any atom is -0.493 e. The molecule has 3 heteroatoms. The number of nitrogens with two attached hydrogens (primary N) is 1. The summed E-state index contributed by atoms with van der Waals surface area (Å²) in [5.41, 5.74) is 8.41. The van der Waals surface area contributed by atoms with Crippen molar-refractivity contribution in [3.8, 4) is 5.75 Å². The molecule has 0 saturated heterocycles. The van der Waals surface area contributed by atoms with Gasteiger partial charge in [-0.1, -0.05) is 31.2 Å². The van der Waals surface area contributed by atoms with E-state index >= 15 is 0 Å². The van der Waals surface area contributed by atoms with Crippen molar-refractivity contribution in [2.45, 2.75) is 32.2 Å². The number of ether oxygens (including phenoxy) is 1. The molecule has 1 heterocycles. The maximum Gasteiger partial charge on any atom is 0.122 e. The SMILES string of the molecule is CCC(N)Cc1ccccc1OCCc1cccnc1. The lowest BCUT2D eigenvalue weighted by Gasteiger charge is -2.14. The van der Waals surface area contributed by atoms with Crippen LogP contribution in [0.5, 0.6) is 5.75 Å². The number of hydrogen-bond acceptors (Lipinski definition) is 3. The van der Waals surface area contributed by atoms with Gasteiger partial charge in [0.1, 0.15) is 5.75 Å². The minimum atomic E-state index is 0.193. The summed E-state index contributed by atoms with van der Waals surface area (Å²) >= 11 is 0. The number of pyridine rings is 1. The minimum absolute atomic E-state index is 0.193. The Kier molecular flexibility index (Phi) is 5.56.